The Balaban J connectivity index is 1.29. The number of fused-ring (bicyclic) bond motifs is 1. The molecule has 4 rings (SSSR count). The first-order valence-corrected chi connectivity index (χ1v) is 9.15. The molecule has 0 fully saturated rings. The van der Waals surface area contributed by atoms with Gasteiger partial charge in [0.25, 0.3) is 0 Å². The topological polar surface area (TPSA) is 65.3 Å². The van der Waals surface area contributed by atoms with Crippen LogP contribution < -0.4 is 4.74 Å². The molecule has 1 aliphatic heterocycles. The fourth-order valence-corrected chi connectivity index (χ4v) is 3.25. The fourth-order valence-electron chi connectivity index (χ4n) is 3.25. The maximum atomic E-state index is 5.84. The van der Waals surface area contributed by atoms with Crippen LogP contribution in [0, 0.1) is 0 Å². The molecule has 1 aliphatic rings. The quantitative estimate of drug-likeness (QED) is 0.571. The van der Waals surface area contributed by atoms with E-state index in [1.165, 1.54) is 11.3 Å². The highest BCUT2D eigenvalue weighted by Crippen LogP contribution is 2.20. The Hall–Kier alpha value is -2.77. The summed E-state index contributed by atoms with van der Waals surface area (Å²) in [6, 6.07) is 14.6. The van der Waals surface area contributed by atoms with Crippen LogP contribution in [0.15, 0.2) is 61.1 Å². The number of hydrogen-bond donors (Lipinski definition) is 0. The normalized spacial score (nSPS) is 16.8. The van der Waals surface area contributed by atoms with Gasteiger partial charge in [0, 0.05) is 38.2 Å². The summed E-state index contributed by atoms with van der Waals surface area (Å²) in [6.45, 7) is 4.42. The molecule has 7 heteroatoms. The zero-order valence-corrected chi connectivity index (χ0v) is 15.1. The van der Waals surface area contributed by atoms with Crippen molar-refractivity contribution in [1.29, 1.82) is 0 Å². The molecule has 1 unspecified atom stereocenters. The van der Waals surface area contributed by atoms with E-state index in [-0.39, 0.29) is 6.04 Å². The second-order valence-corrected chi connectivity index (χ2v) is 6.54. The molecule has 1 atom stereocenters. The number of nitrogens with zero attached hydrogens (tertiary/aromatic N) is 5. The first-order valence-electron chi connectivity index (χ1n) is 9.15. The SMILES string of the molecule is c1ccc(COCCN2Cc3ccnn3C(COc3ncccn3)C2)cc1. The van der Waals surface area contributed by atoms with Crippen LogP contribution in [-0.4, -0.2) is 51.0 Å². The van der Waals surface area contributed by atoms with Crippen molar-refractivity contribution in [3.8, 4) is 6.01 Å². The van der Waals surface area contributed by atoms with E-state index < -0.39 is 0 Å². The lowest BCUT2D eigenvalue weighted by molar-refractivity contribution is 0.0669. The summed E-state index contributed by atoms with van der Waals surface area (Å²) in [5, 5.41) is 4.46. The van der Waals surface area contributed by atoms with Crippen LogP contribution in [-0.2, 0) is 17.9 Å². The molecule has 27 heavy (non-hydrogen) atoms. The lowest BCUT2D eigenvalue weighted by Gasteiger charge is -2.33. The van der Waals surface area contributed by atoms with E-state index in [4.69, 9.17) is 9.47 Å². The molecule has 0 bridgehead atoms. The van der Waals surface area contributed by atoms with Crippen molar-refractivity contribution < 1.29 is 9.47 Å². The van der Waals surface area contributed by atoms with Gasteiger partial charge in [-0.15, -0.1) is 0 Å². The number of rotatable bonds is 8. The highest BCUT2D eigenvalue weighted by atomic mass is 16.5. The molecule has 0 spiro atoms. The fraction of sp³-hybridized carbons (Fsp3) is 0.350. The van der Waals surface area contributed by atoms with Gasteiger partial charge in [0.1, 0.15) is 6.61 Å². The van der Waals surface area contributed by atoms with Crippen LogP contribution in [0.4, 0.5) is 0 Å². The molecule has 3 aromatic rings. The van der Waals surface area contributed by atoms with Crippen molar-refractivity contribution in [1.82, 2.24) is 24.6 Å². The van der Waals surface area contributed by atoms with Crippen molar-refractivity contribution in [3.63, 3.8) is 0 Å². The predicted octanol–water partition coefficient (Wildman–Crippen LogP) is 2.33. The molecule has 0 radical (unpaired) electrons. The molecule has 1 aromatic carbocycles. The highest BCUT2D eigenvalue weighted by molar-refractivity contribution is 5.13. The third kappa shape index (κ3) is 4.69. The summed E-state index contributed by atoms with van der Waals surface area (Å²) in [6.07, 6.45) is 5.20. The van der Waals surface area contributed by atoms with E-state index in [9.17, 15) is 0 Å². The van der Waals surface area contributed by atoms with Gasteiger partial charge in [-0.2, -0.15) is 5.10 Å². The number of aromatic nitrogens is 4. The molecule has 0 aliphatic carbocycles. The Labute approximate surface area is 158 Å². The van der Waals surface area contributed by atoms with Gasteiger partial charge in [0.15, 0.2) is 0 Å². The first-order chi connectivity index (χ1) is 13.4. The summed E-state index contributed by atoms with van der Waals surface area (Å²) < 4.78 is 13.6. The predicted molar refractivity (Wildman–Crippen MR) is 100 cm³/mol. The molecule has 0 saturated heterocycles. The maximum Gasteiger partial charge on any atom is 0.316 e. The molecule has 0 amide bonds. The molecule has 7 nitrogen and oxygen atoms in total. The average Bonchev–Trinajstić information content (AvgIpc) is 3.20. The second-order valence-electron chi connectivity index (χ2n) is 6.54. The van der Waals surface area contributed by atoms with E-state index in [0.717, 1.165) is 19.6 Å². The number of ether oxygens (including phenoxy) is 2. The molecular formula is C20H23N5O2. The smallest absolute Gasteiger partial charge is 0.316 e. The lowest BCUT2D eigenvalue weighted by Crippen LogP contribution is -2.41. The van der Waals surface area contributed by atoms with Crippen LogP contribution in [0.3, 0.4) is 0 Å². The first kappa shape index (κ1) is 17.6. The van der Waals surface area contributed by atoms with Gasteiger partial charge in [0.2, 0.25) is 0 Å². The summed E-state index contributed by atoms with van der Waals surface area (Å²) in [7, 11) is 0. The molecule has 2 aromatic heterocycles. The third-order valence-corrected chi connectivity index (χ3v) is 4.56. The van der Waals surface area contributed by atoms with E-state index >= 15 is 0 Å². The molecule has 0 saturated carbocycles. The van der Waals surface area contributed by atoms with E-state index in [1.807, 2.05) is 29.1 Å². The van der Waals surface area contributed by atoms with Crippen molar-refractivity contribution in [2.24, 2.45) is 0 Å². The Kier molecular flexibility index (Phi) is 5.71. The van der Waals surface area contributed by atoms with Crippen LogP contribution in [0.25, 0.3) is 0 Å². The van der Waals surface area contributed by atoms with Crippen molar-refractivity contribution in [3.05, 3.63) is 72.3 Å². The summed E-state index contributed by atoms with van der Waals surface area (Å²) in [5.41, 5.74) is 2.38. The van der Waals surface area contributed by atoms with E-state index in [0.29, 0.717) is 25.8 Å². The Morgan fingerprint density at radius 1 is 1.00 bits per heavy atom. The second kappa shape index (κ2) is 8.75. The average molecular weight is 365 g/mol. The van der Waals surface area contributed by atoms with E-state index in [1.54, 1.807) is 18.5 Å². The Bertz CT molecular complexity index is 825. The van der Waals surface area contributed by atoms with Crippen molar-refractivity contribution in [2.45, 2.75) is 19.2 Å². The van der Waals surface area contributed by atoms with Gasteiger partial charge >= 0.3 is 6.01 Å². The van der Waals surface area contributed by atoms with Crippen LogP contribution in [0.5, 0.6) is 6.01 Å². The highest BCUT2D eigenvalue weighted by Gasteiger charge is 2.26. The largest absolute Gasteiger partial charge is 0.461 e. The van der Waals surface area contributed by atoms with Crippen LogP contribution >= 0.6 is 0 Å². The minimum absolute atomic E-state index is 0.127. The summed E-state index contributed by atoms with van der Waals surface area (Å²) in [4.78, 5) is 10.6. The van der Waals surface area contributed by atoms with Gasteiger partial charge in [-0.1, -0.05) is 30.3 Å². The van der Waals surface area contributed by atoms with Crippen molar-refractivity contribution >= 4 is 0 Å². The summed E-state index contributed by atoms with van der Waals surface area (Å²) in [5.74, 6) is 0. The van der Waals surface area contributed by atoms with Gasteiger partial charge in [-0.05, 0) is 17.7 Å². The van der Waals surface area contributed by atoms with E-state index in [2.05, 4.69) is 38.2 Å². The van der Waals surface area contributed by atoms with Gasteiger partial charge in [-0.3, -0.25) is 9.58 Å². The minimum Gasteiger partial charge on any atom is -0.461 e. The summed E-state index contributed by atoms with van der Waals surface area (Å²) >= 11 is 0. The monoisotopic (exact) mass is 365 g/mol. The van der Waals surface area contributed by atoms with Crippen LogP contribution in [0.2, 0.25) is 0 Å². The zero-order chi connectivity index (χ0) is 18.3. The lowest BCUT2D eigenvalue weighted by atomic mass is 10.2. The number of benzene rings is 1. The zero-order valence-electron chi connectivity index (χ0n) is 15.1. The van der Waals surface area contributed by atoms with Gasteiger partial charge < -0.3 is 9.47 Å². The third-order valence-electron chi connectivity index (χ3n) is 4.56. The maximum absolute atomic E-state index is 5.84. The Morgan fingerprint density at radius 3 is 2.70 bits per heavy atom. The minimum atomic E-state index is 0.127. The van der Waals surface area contributed by atoms with Crippen molar-refractivity contribution in [2.75, 3.05) is 26.3 Å². The van der Waals surface area contributed by atoms with Crippen LogP contribution in [0.1, 0.15) is 17.3 Å². The van der Waals surface area contributed by atoms with Gasteiger partial charge in [0.05, 0.1) is 24.9 Å². The number of hydrogen-bond acceptors (Lipinski definition) is 6. The standard InChI is InChI=1S/C20H23N5O2/c1-2-5-17(6-3-1)15-26-12-11-24-13-18-7-10-23-25(18)19(14-24)16-27-20-21-8-4-9-22-20/h1-10,19H,11-16H2. The Morgan fingerprint density at radius 2 is 1.85 bits per heavy atom. The molecule has 0 N–H and O–H groups in total. The molecular weight excluding hydrogens is 342 g/mol. The molecule has 3 heterocycles. The molecule has 140 valence electrons. The van der Waals surface area contributed by atoms with Gasteiger partial charge in [-0.25, -0.2) is 9.97 Å².